The Kier molecular flexibility index (Phi) is 3.68. The number of nitrogens with two attached hydrogens (primary N) is 1. The largest absolute Gasteiger partial charge is 0.398 e. The second-order valence-corrected chi connectivity index (χ2v) is 5.95. The Bertz CT molecular complexity index is 656. The Hall–Kier alpha value is -1.88. The summed E-state index contributed by atoms with van der Waals surface area (Å²) in [6, 6.07) is 5.48. The number of fused-ring (bicyclic) bond motifs is 1. The molecule has 2 heterocycles. The molecular formula is C16H21FN4. The Labute approximate surface area is 124 Å². The van der Waals surface area contributed by atoms with Crippen molar-refractivity contribution in [2.75, 3.05) is 37.8 Å². The molecule has 2 N–H and O–H groups in total. The molecule has 0 aliphatic carbocycles. The second-order valence-electron chi connectivity index (χ2n) is 5.95. The Balaban J connectivity index is 2.11. The molecule has 0 spiro atoms. The first-order valence-corrected chi connectivity index (χ1v) is 7.32. The summed E-state index contributed by atoms with van der Waals surface area (Å²) in [5, 5.41) is 0.824. The maximum absolute atomic E-state index is 14.6. The number of hydrogen-bond donors (Lipinski definition) is 1. The molecular weight excluding hydrogens is 267 g/mol. The van der Waals surface area contributed by atoms with Crippen molar-refractivity contribution in [3.05, 3.63) is 30.2 Å². The van der Waals surface area contributed by atoms with Crippen molar-refractivity contribution in [1.82, 2.24) is 9.88 Å². The van der Waals surface area contributed by atoms with Crippen LogP contribution in [0.3, 0.4) is 0 Å². The van der Waals surface area contributed by atoms with E-state index in [9.17, 15) is 4.39 Å². The molecule has 4 nitrogen and oxygen atoms in total. The average molecular weight is 288 g/mol. The summed E-state index contributed by atoms with van der Waals surface area (Å²) in [7, 11) is 4.10. The summed E-state index contributed by atoms with van der Waals surface area (Å²) in [4.78, 5) is 8.69. The lowest BCUT2D eigenvalue weighted by molar-refractivity contribution is 0.371. The normalized spacial score (nSPS) is 18.9. The molecule has 0 radical (unpaired) electrons. The number of nitrogen functional groups attached to an aromatic ring is 1. The van der Waals surface area contributed by atoms with Crippen LogP contribution in [0.25, 0.3) is 10.9 Å². The Morgan fingerprint density at radius 2 is 2.29 bits per heavy atom. The highest BCUT2D eigenvalue weighted by atomic mass is 19.1. The number of nitrogens with zero attached hydrogens (tertiary/aromatic N) is 3. The molecule has 1 fully saturated rings. The molecule has 0 saturated carbocycles. The average Bonchev–Trinajstić information content (AvgIpc) is 2.86. The summed E-state index contributed by atoms with van der Waals surface area (Å²) >= 11 is 0. The smallest absolute Gasteiger partial charge is 0.150 e. The van der Waals surface area contributed by atoms with Gasteiger partial charge in [-0.15, -0.1) is 0 Å². The lowest BCUT2D eigenvalue weighted by Crippen LogP contribution is -2.38. The molecule has 5 heteroatoms. The van der Waals surface area contributed by atoms with Gasteiger partial charge in [-0.05, 0) is 45.1 Å². The first kappa shape index (κ1) is 14.1. The van der Waals surface area contributed by atoms with Crippen molar-refractivity contribution < 1.29 is 4.39 Å². The van der Waals surface area contributed by atoms with E-state index < -0.39 is 0 Å². The van der Waals surface area contributed by atoms with E-state index in [4.69, 9.17) is 5.73 Å². The number of anilines is 2. The number of aromatic nitrogens is 1. The third-order valence-electron chi connectivity index (χ3n) is 4.09. The van der Waals surface area contributed by atoms with Gasteiger partial charge < -0.3 is 15.5 Å². The van der Waals surface area contributed by atoms with Gasteiger partial charge in [-0.3, -0.25) is 4.98 Å². The third-order valence-corrected chi connectivity index (χ3v) is 4.09. The minimum Gasteiger partial charge on any atom is -0.398 e. The van der Waals surface area contributed by atoms with Crippen LogP contribution in [-0.2, 0) is 0 Å². The van der Waals surface area contributed by atoms with Gasteiger partial charge in [0.2, 0.25) is 0 Å². The van der Waals surface area contributed by atoms with Crippen LogP contribution in [0.15, 0.2) is 24.4 Å². The van der Waals surface area contributed by atoms with Crippen molar-refractivity contribution >= 4 is 22.3 Å². The number of halogens is 1. The van der Waals surface area contributed by atoms with Gasteiger partial charge in [-0.25, -0.2) is 4.39 Å². The lowest BCUT2D eigenvalue weighted by Gasteiger charge is -2.30. The van der Waals surface area contributed by atoms with Crippen molar-refractivity contribution in [2.24, 2.45) is 0 Å². The predicted molar refractivity (Wildman–Crippen MR) is 85.0 cm³/mol. The summed E-state index contributed by atoms with van der Waals surface area (Å²) in [6.07, 6.45) is 3.86. The monoisotopic (exact) mass is 288 g/mol. The quantitative estimate of drug-likeness (QED) is 0.881. The van der Waals surface area contributed by atoms with E-state index in [1.165, 1.54) is 6.07 Å². The zero-order valence-corrected chi connectivity index (χ0v) is 12.5. The molecule has 1 unspecified atom stereocenters. The minimum atomic E-state index is -0.274. The van der Waals surface area contributed by atoms with Gasteiger partial charge in [0, 0.05) is 36.4 Å². The summed E-state index contributed by atoms with van der Waals surface area (Å²) < 4.78 is 14.6. The van der Waals surface area contributed by atoms with Gasteiger partial charge in [0.25, 0.3) is 0 Å². The van der Waals surface area contributed by atoms with E-state index in [-0.39, 0.29) is 5.82 Å². The van der Waals surface area contributed by atoms with Crippen molar-refractivity contribution in [3.8, 4) is 0 Å². The maximum atomic E-state index is 14.6. The van der Waals surface area contributed by atoms with Crippen LogP contribution < -0.4 is 10.6 Å². The van der Waals surface area contributed by atoms with Crippen LogP contribution in [0.4, 0.5) is 15.8 Å². The standard InChI is InChI=1S/C16H21FN4/c1-20(2)10-11-5-4-8-21(11)16-13(17)9-14(18)12-6-3-7-19-15(12)16/h3,6-7,9,11H,4-5,8,10,18H2,1-2H3. The number of hydrogen-bond acceptors (Lipinski definition) is 4. The summed E-state index contributed by atoms with van der Waals surface area (Å²) in [5.74, 6) is -0.274. The molecule has 1 aromatic heterocycles. The van der Waals surface area contributed by atoms with Gasteiger partial charge in [0.15, 0.2) is 5.82 Å². The van der Waals surface area contributed by atoms with E-state index in [2.05, 4.69) is 14.8 Å². The fourth-order valence-corrected chi connectivity index (χ4v) is 3.24. The van der Waals surface area contributed by atoms with Gasteiger partial charge in [-0.1, -0.05) is 0 Å². The molecule has 1 aliphatic heterocycles. The molecule has 1 aliphatic rings. The number of rotatable bonds is 3. The molecule has 112 valence electrons. The molecule has 2 aromatic rings. The summed E-state index contributed by atoms with van der Waals surface area (Å²) in [6.45, 7) is 1.78. The van der Waals surface area contributed by atoms with E-state index in [0.29, 0.717) is 22.9 Å². The second kappa shape index (κ2) is 5.48. The van der Waals surface area contributed by atoms with Gasteiger partial charge in [-0.2, -0.15) is 0 Å². The Morgan fingerprint density at radius 3 is 3.05 bits per heavy atom. The van der Waals surface area contributed by atoms with Crippen LogP contribution >= 0.6 is 0 Å². The van der Waals surface area contributed by atoms with E-state index in [0.717, 1.165) is 31.3 Å². The van der Waals surface area contributed by atoms with Crippen LogP contribution in [0.5, 0.6) is 0 Å². The first-order valence-electron chi connectivity index (χ1n) is 7.32. The molecule has 1 saturated heterocycles. The highest BCUT2D eigenvalue weighted by Gasteiger charge is 2.29. The van der Waals surface area contributed by atoms with Crippen LogP contribution in [0, 0.1) is 5.82 Å². The van der Waals surface area contributed by atoms with E-state index >= 15 is 0 Å². The highest BCUT2D eigenvalue weighted by Crippen LogP contribution is 2.36. The van der Waals surface area contributed by atoms with Crippen molar-refractivity contribution in [1.29, 1.82) is 0 Å². The fourth-order valence-electron chi connectivity index (χ4n) is 3.24. The molecule has 0 bridgehead atoms. The number of pyridine rings is 1. The minimum absolute atomic E-state index is 0.274. The third kappa shape index (κ3) is 2.53. The Morgan fingerprint density at radius 1 is 1.48 bits per heavy atom. The molecule has 1 atom stereocenters. The molecule has 21 heavy (non-hydrogen) atoms. The predicted octanol–water partition coefficient (Wildman–Crippen LogP) is 2.49. The fraction of sp³-hybridized carbons (Fsp3) is 0.438. The topological polar surface area (TPSA) is 45.4 Å². The maximum Gasteiger partial charge on any atom is 0.150 e. The SMILES string of the molecule is CN(C)CC1CCCN1c1c(F)cc(N)c2cccnc12. The van der Waals surface area contributed by atoms with Crippen molar-refractivity contribution in [3.63, 3.8) is 0 Å². The molecule has 0 amide bonds. The van der Waals surface area contributed by atoms with E-state index in [1.807, 2.05) is 26.2 Å². The lowest BCUT2D eigenvalue weighted by atomic mass is 10.1. The molecule has 3 rings (SSSR count). The van der Waals surface area contributed by atoms with Gasteiger partial charge >= 0.3 is 0 Å². The number of benzene rings is 1. The number of likely N-dealkylation sites (N-methyl/N-ethyl adjacent to an activating group) is 1. The zero-order chi connectivity index (χ0) is 15.0. The van der Waals surface area contributed by atoms with Crippen LogP contribution in [-0.4, -0.2) is 43.1 Å². The first-order chi connectivity index (χ1) is 10.1. The van der Waals surface area contributed by atoms with Crippen LogP contribution in [0.1, 0.15) is 12.8 Å². The van der Waals surface area contributed by atoms with Crippen LogP contribution in [0.2, 0.25) is 0 Å². The zero-order valence-electron chi connectivity index (χ0n) is 12.5. The van der Waals surface area contributed by atoms with Crippen molar-refractivity contribution in [2.45, 2.75) is 18.9 Å². The highest BCUT2D eigenvalue weighted by molar-refractivity contribution is 5.99. The van der Waals surface area contributed by atoms with Gasteiger partial charge in [0.1, 0.15) is 5.69 Å². The van der Waals surface area contributed by atoms with Gasteiger partial charge in [0.05, 0.1) is 5.52 Å². The molecule has 1 aromatic carbocycles. The summed E-state index contributed by atoms with van der Waals surface area (Å²) in [5.41, 5.74) is 7.65. The van der Waals surface area contributed by atoms with E-state index in [1.54, 1.807) is 6.20 Å².